The van der Waals surface area contributed by atoms with E-state index in [1.54, 1.807) is 14.2 Å². The Kier molecular flexibility index (Phi) is 8.21. The molecule has 35 heavy (non-hydrogen) atoms. The Morgan fingerprint density at radius 3 is 1.91 bits per heavy atom. The summed E-state index contributed by atoms with van der Waals surface area (Å²) in [7, 11) is 6.39. The maximum Gasteiger partial charge on any atom is 0.695 e. The fourth-order valence-electron chi connectivity index (χ4n) is 4.40. The molecular formula is C26H27BO7P+. The highest BCUT2D eigenvalue weighted by molar-refractivity contribution is 7.32. The first-order chi connectivity index (χ1) is 17.0. The van der Waals surface area contributed by atoms with Crippen molar-refractivity contribution in [3.8, 4) is 11.5 Å². The third-order valence-electron chi connectivity index (χ3n) is 6.09. The molecule has 2 radical (unpaired) electrons. The summed E-state index contributed by atoms with van der Waals surface area (Å²) < 4.78 is 39.8. The van der Waals surface area contributed by atoms with Crippen LogP contribution in [0.4, 0.5) is 0 Å². The fraction of sp³-hybridized carbons (Fsp3) is 0.308. The highest BCUT2D eigenvalue weighted by atomic mass is 31.1. The van der Waals surface area contributed by atoms with E-state index in [-0.39, 0.29) is 6.61 Å². The summed E-state index contributed by atoms with van der Waals surface area (Å²) in [6.45, 7) is 0.0640. The third kappa shape index (κ3) is 5.58. The average Bonchev–Trinajstić information content (AvgIpc) is 3.23. The molecule has 1 saturated heterocycles. The third-order valence-corrected chi connectivity index (χ3v) is 6.54. The summed E-state index contributed by atoms with van der Waals surface area (Å²) in [5, 5.41) is 0. The van der Waals surface area contributed by atoms with Crippen molar-refractivity contribution in [3.63, 3.8) is 0 Å². The van der Waals surface area contributed by atoms with Crippen molar-refractivity contribution in [3.05, 3.63) is 95.6 Å². The second kappa shape index (κ2) is 11.3. The minimum atomic E-state index is -2.81. The molecule has 3 aromatic carbocycles. The lowest BCUT2D eigenvalue weighted by Crippen LogP contribution is -2.38. The van der Waals surface area contributed by atoms with Crippen molar-refractivity contribution < 1.29 is 32.9 Å². The first kappa shape index (κ1) is 25.4. The van der Waals surface area contributed by atoms with Crippen LogP contribution in [-0.2, 0) is 24.2 Å². The number of hydrogen-bond donors (Lipinski definition) is 1. The lowest BCUT2D eigenvalue weighted by Gasteiger charge is -2.37. The molecule has 1 N–H and O–H groups in total. The van der Waals surface area contributed by atoms with E-state index >= 15 is 0 Å². The molecule has 0 saturated carbocycles. The first-order valence-corrected chi connectivity index (χ1v) is 12.3. The molecular weight excluding hydrogens is 466 g/mol. The SMILES string of the molecule is [B][C@H]1CC(O[P+](=O)O)[C@@H](COC(c2ccccc2)(c2ccc(OC)cc2)c2ccc(OC)cc2)O1. The molecule has 1 fully saturated rings. The topological polar surface area (TPSA) is 83.5 Å². The monoisotopic (exact) mass is 493 g/mol. The van der Waals surface area contributed by atoms with Gasteiger partial charge in [-0.25, -0.2) is 0 Å². The van der Waals surface area contributed by atoms with Crippen LogP contribution in [0.3, 0.4) is 0 Å². The van der Waals surface area contributed by atoms with Crippen LogP contribution < -0.4 is 9.47 Å². The lowest BCUT2D eigenvalue weighted by molar-refractivity contribution is -0.0701. The Balaban J connectivity index is 1.81. The zero-order chi connectivity index (χ0) is 24.8. The molecule has 9 heteroatoms. The number of methoxy groups -OCH3 is 2. The van der Waals surface area contributed by atoms with Crippen LogP contribution in [0.2, 0.25) is 0 Å². The summed E-state index contributed by atoms with van der Waals surface area (Å²) in [4.78, 5) is 9.30. The maximum atomic E-state index is 11.4. The molecule has 0 bridgehead atoms. The van der Waals surface area contributed by atoms with E-state index in [0.717, 1.165) is 28.2 Å². The Labute approximate surface area is 207 Å². The predicted molar refractivity (Wildman–Crippen MR) is 132 cm³/mol. The Morgan fingerprint density at radius 1 is 0.914 bits per heavy atom. The molecule has 7 nitrogen and oxygen atoms in total. The van der Waals surface area contributed by atoms with Gasteiger partial charge in [0.15, 0.2) is 0 Å². The summed E-state index contributed by atoms with van der Waals surface area (Å²) in [5.74, 6) is 1.44. The zero-order valence-corrected chi connectivity index (χ0v) is 20.5. The van der Waals surface area contributed by atoms with Gasteiger partial charge in [-0.05, 0) is 47.4 Å². The molecule has 4 atom stereocenters. The van der Waals surface area contributed by atoms with Gasteiger partial charge in [0.1, 0.15) is 37.2 Å². The minimum absolute atomic E-state index is 0.0640. The zero-order valence-electron chi connectivity index (χ0n) is 19.6. The molecule has 2 unspecified atom stereocenters. The minimum Gasteiger partial charge on any atom is -0.497 e. The van der Waals surface area contributed by atoms with Crippen LogP contribution in [0.25, 0.3) is 0 Å². The summed E-state index contributed by atoms with van der Waals surface area (Å²) in [6, 6.07) is 24.5. The largest absolute Gasteiger partial charge is 0.695 e. The standard InChI is InChI=1S/C26H26BO7P/c1-30-21-12-8-19(9-13-21)26(18-6-4-3-5-7-18,20-10-14-22(31-2)15-11-20)32-17-24-23(34-35(28)29)16-25(27)33-24/h3-15,23-25H,16-17H2,1-2H3/p+1/t23?,24-,25-/m1/s1. The second-order valence-corrected chi connectivity index (χ2v) is 8.83. The van der Waals surface area contributed by atoms with Crippen LogP contribution >= 0.6 is 8.25 Å². The van der Waals surface area contributed by atoms with Crippen molar-refractivity contribution in [1.82, 2.24) is 0 Å². The van der Waals surface area contributed by atoms with E-state index in [0.29, 0.717) is 6.42 Å². The molecule has 1 heterocycles. The van der Waals surface area contributed by atoms with E-state index in [9.17, 15) is 9.46 Å². The number of rotatable bonds is 10. The van der Waals surface area contributed by atoms with Crippen molar-refractivity contribution in [2.45, 2.75) is 30.2 Å². The maximum absolute atomic E-state index is 11.4. The molecule has 1 aliphatic rings. The number of benzene rings is 3. The molecule has 0 aliphatic carbocycles. The van der Waals surface area contributed by atoms with Crippen LogP contribution in [0.1, 0.15) is 23.1 Å². The van der Waals surface area contributed by atoms with E-state index in [1.165, 1.54) is 0 Å². The molecule has 180 valence electrons. The van der Waals surface area contributed by atoms with E-state index in [4.69, 9.17) is 31.3 Å². The van der Waals surface area contributed by atoms with Crippen LogP contribution in [0.15, 0.2) is 78.9 Å². The Hall–Kier alpha value is -2.74. The molecule has 1 aliphatic heterocycles. The van der Waals surface area contributed by atoms with Gasteiger partial charge in [-0.2, -0.15) is 0 Å². The van der Waals surface area contributed by atoms with Crippen LogP contribution in [0.5, 0.6) is 11.5 Å². The second-order valence-electron chi connectivity index (χ2n) is 8.15. The molecule has 0 amide bonds. The van der Waals surface area contributed by atoms with Crippen LogP contribution in [-0.4, -0.2) is 51.8 Å². The fourth-order valence-corrected chi connectivity index (χ4v) is 4.86. The van der Waals surface area contributed by atoms with Gasteiger partial charge in [-0.15, -0.1) is 9.42 Å². The van der Waals surface area contributed by atoms with Gasteiger partial charge in [0.05, 0.1) is 20.8 Å². The summed E-state index contributed by atoms with van der Waals surface area (Å²) >= 11 is 0. The van der Waals surface area contributed by atoms with E-state index in [2.05, 4.69) is 0 Å². The van der Waals surface area contributed by atoms with E-state index < -0.39 is 32.1 Å². The summed E-state index contributed by atoms with van der Waals surface area (Å²) in [5.41, 5.74) is 1.58. The van der Waals surface area contributed by atoms with Gasteiger partial charge < -0.3 is 18.9 Å². The van der Waals surface area contributed by atoms with Gasteiger partial charge >= 0.3 is 8.25 Å². The average molecular weight is 493 g/mol. The Morgan fingerprint density at radius 2 is 1.43 bits per heavy atom. The highest BCUT2D eigenvalue weighted by Gasteiger charge is 2.43. The van der Waals surface area contributed by atoms with Gasteiger partial charge in [0.2, 0.25) is 0 Å². The normalized spacial score (nSPS) is 20.4. The Bertz CT molecular complexity index is 1060. The van der Waals surface area contributed by atoms with Crippen molar-refractivity contribution in [2.75, 3.05) is 20.8 Å². The van der Waals surface area contributed by atoms with Crippen LogP contribution in [0, 0.1) is 0 Å². The number of hydrogen-bond acceptors (Lipinski definition) is 6. The highest BCUT2D eigenvalue weighted by Crippen LogP contribution is 2.42. The molecule has 0 spiro atoms. The van der Waals surface area contributed by atoms with Gasteiger partial charge in [-0.1, -0.05) is 54.6 Å². The van der Waals surface area contributed by atoms with Crippen molar-refractivity contribution in [2.24, 2.45) is 0 Å². The predicted octanol–water partition coefficient (Wildman–Crippen LogP) is 4.33. The molecule has 0 aromatic heterocycles. The molecule has 3 aromatic rings. The lowest BCUT2D eigenvalue weighted by atomic mass is 9.80. The van der Waals surface area contributed by atoms with Gasteiger partial charge in [0, 0.05) is 10.6 Å². The van der Waals surface area contributed by atoms with Gasteiger partial charge in [-0.3, -0.25) is 0 Å². The first-order valence-electron chi connectivity index (χ1n) is 11.2. The summed E-state index contributed by atoms with van der Waals surface area (Å²) in [6.07, 6.45) is -1.01. The van der Waals surface area contributed by atoms with Gasteiger partial charge in [0.25, 0.3) is 0 Å². The van der Waals surface area contributed by atoms with Crippen molar-refractivity contribution in [1.29, 1.82) is 0 Å². The van der Waals surface area contributed by atoms with Crippen molar-refractivity contribution >= 4 is 16.1 Å². The quantitative estimate of drug-likeness (QED) is 0.256. The number of ether oxygens (including phenoxy) is 4. The van der Waals surface area contributed by atoms with E-state index in [1.807, 2.05) is 78.9 Å². The molecule has 4 rings (SSSR count). The smallest absolute Gasteiger partial charge is 0.497 e.